The van der Waals surface area contributed by atoms with E-state index in [4.69, 9.17) is 16.3 Å². The minimum atomic E-state index is -0.171. The molecule has 0 aliphatic rings. The maximum atomic E-state index is 12.0. The molecule has 1 heterocycles. The summed E-state index contributed by atoms with van der Waals surface area (Å²) in [6, 6.07) is 8.90. The van der Waals surface area contributed by atoms with Gasteiger partial charge in [-0.25, -0.2) is 0 Å². The molecule has 0 spiro atoms. The molecule has 6 heteroatoms. The molecule has 0 radical (unpaired) electrons. The predicted molar refractivity (Wildman–Crippen MR) is 92.8 cm³/mol. The van der Waals surface area contributed by atoms with Crippen LogP contribution in [-0.2, 0) is 0 Å². The van der Waals surface area contributed by atoms with Crippen molar-refractivity contribution < 1.29 is 9.53 Å². The van der Waals surface area contributed by atoms with Crippen LogP contribution in [0.1, 0.15) is 30.3 Å². The van der Waals surface area contributed by atoms with Gasteiger partial charge in [-0.3, -0.25) is 9.78 Å². The molecule has 0 aliphatic heterocycles. The number of aromatic nitrogens is 1. The van der Waals surface area contributed by atoms with E-state index in [-0.39, 0.29) is 5.91 Å². The third-order valence-corrected chi connectivity index (χ3v) is 3.54. The number of anilines is 2. The molecule has 0 unspecified atom stereocenters. The van der Waals surface area contributed by atoms with Gasteiger partial charge in [0, 0.05) is 24.1 Å². The average molecular weight is 334 g/mol. The van der Waals surface area contributed by atoms with E-state index in [1.54, 1.807) is 37.6 Å². The summed E-state index contributed by atoms with van der Waals surface area (Å²) < 4.78 is 5.12. The topological polar surface area (TPSA) is 63.2 Å². The number of hydrogen-bond donors (Lipinski definition) is 2. The Morgan fingerprint density at radius 3 is 2.74 bits per heavy atom. The van der Waals surface area contributed by atoms with Gasteiger partial charge in [-0.2, -0.15) is 0 Å². The lowest BCUT2D eigenvalue weighted by molar-refractivity contribution is 0.0948. The number of nitrogens with zero attached hydrogens (tertiary/aromatic N) is 1. The molecular formula is C17H20ClN3O2. The van der Waals surface area contributed by atoms with Crippen molar-refractivity contribution in [2.75, 3.05) is 19.0 Å². The number of carbonyl (C=O) groups is 1. The fourth-order valence-corrected chi connectivity index (χ4v) is 2.27. The first kappa shape index (κ1) is 17.1. The molecule has 0 atom stereocenters. The second-order valence-corrected chi connectivity index (χ2v) is 5.42. The molecule has 2 N–H and O–H groups in total. The number of carbonyl (C=O) groups excluding carboxylic acids is 1. The highest BCUT2D eigenvalue weighted by molar-refractivity contribution is 6.32. The molecule has 1 aromatic heterocycles. The molecule has 1 amide bonds. The lowest BCUT2D eigenvalue weighted by Gasteiger charge is -2.10. The molecule has 1 aromatic carbocycles. The molecule has 0 fully saturated rings. The number of amides is 1. The van der Waals surface area contributed by atoms with Crippen LogP contribution in [0.15, 0.2) is 36.5 Å². The number of ether oxygens (including phenoxy) is 1. The van der Waals surface area contributed by atoms with Gasteiger partial charge in [0.25, 0.3) is 5.91 Å². The van der Waals surface area contributed by atoms with Gasteiger partial charge in [-0.15, -0.1) is 0 Å². The smallest absolute Gasteiger partial charge is 0.269 e. The van der Waals surface area contributed by atoms with E-state index in [0.29, 0.717) is 23.0 Å². The first-order chi connectivity index (χ1) is 11.1. The number of nitrogens with one attached hydrogen (secondary N) is 2. The van der Waals surface area contributed by atoms with Crippen LogP contribution in [0.5, 0.6) is 5.75 Å². The number of pyridine rings is 1. The summed E-state index contributed by atoms with van der Waals surface area (Å²) >= 11 is 6.11. The van der Waals surface area contributed by atoms with Gasteiger partial charge in [-0.05, 0) is 36.8 Å². The van der Waals surface area contributed by atoms with Crippen molar-refractivity contribution in [1.82, 2.24) is 10.3 Å². The fourth-order valence-electron chi connectivity index (χ4n) is 2.01. The molecule has 5 nitrogen and oxygen atoms in total. The molecule has 0 saturated heterocycles. The van der Waals surface area contributed by atoms with Crippen molar-refractivity contribution in [1.29, 1.82) is 0 Å². The quantitative estimate of drug-likeness (QED) is 0.751. The largest absolute Gasteiger partial charge is 0.495 e. The number of unbranched alkanes of at least 4 members (excludes halogenated alkanes) is 1. The Kier molecular flexibility index (Phi) is 6.23. The summed E-state index contributed by atoms with van der Waals surface area (Å²) in [5, 5.41) is 6.56. The summed E-state index contributed by atoms with van der Waals surface area (Å²) in [7, 11) is 1.57. The Hall–Kier alpha value is -2.27. The van der Waals surface area contributed by atoms with E-state index in [2.05, 4.69) is 22.5 Å². The zero-order valence-corrected chi connectivity index (χ0v) is 14.0. The maximum absolute atomic E-state index is 12.0. The number of methoxy groups -OCH3 is 1. The van der Waals surface area contributed by atoms with Crippen LogP contribution in [0.4, 0.5) is 11.4 Å². The van der Waals surface area contributed by atoms with Crippen LogP contribution in [-0.4, -0.2) is 24.5 Å². The molecule has 2 aromatic rings. The third kappa shape index (κ3) is 4.86. The summed E-state index contributed by atoms with van der Waals surface area (Å²) in [6.45, 7) is 2.73. The van der Waals surface area contributed by atoms with Gasteiger partial charge in [0.2, 0.25) is 0 Å². The van der Waals surface area contributed by atoms with Crippen molar-refractivity contribution in [2.24, 2.45) is 0 Å². The molecule has 2 rings (SSSR count). The van der Waals surface area contributed by atoms with Gasteiger partial charge in [0.1, 0.15) is 11.4 Å². The second kappa shape index (κ2) is 8.39. The van der Waals surface area contributed by atoms with Gasteiger partial charge < -0.3 is 15.4 Å². The van der Waals surface area contributed by atoms with Crippen LogP contribution < -0.4 is 15.4 Å². The highest BCUT2D eigenvalue weighted by Crippen LogP contribution is 2.28. The summed E-state index contributed by atoms with van der Waals surface area (Å²) in [6.07, 6.45) is 3.59. The molecule has 0 bridgehead atoms. The molecule has 0 aliphatic carbocycles. The van der Waals surface area contributed by atoms with Gasteiger partial charge >= 0.3 is 0 Å². The predicted octanol–water partition coefficient (Wildman–Crippen LogP) is 4.02. The first-order valence-electron chi connectivity index (χ1n) is 7.49. The van der Waals surface area contributed by atoms with Crippen molar-refractivity contribution in [2.45, 2.75) is 19.8 Å². The molecule has 0 saturated carbocycles. The molecular weight excluding hydrogens is 314 g/mol. The van der Waals surface area contributed by atoms with Gasteiger partial charge in [-0.1, -0.05) is 24.9 Å². The minimum Gasteiger partial charge on any atom is -0.495 e. The van der Waals surface area contributed by atoms with Crippen LogP contribution in [0, 0.1) is 0 Å². The zero-order valence-electron chi connectivity index (χ0n) is 13.2. The van der Waals surface area contributed by atoms with E-state index < -0.39 is 0 Å². The number of benzene rings is 1. The van der Waals surface area contributed by atoms with Crippen molar-refractivity contribution in [3.63, 3.8) is 0 Å². The zero-order chi connectivity index (χ0) is 16.7. The lowest BCUT2D eigenvalue weighted by Crippen LogP contribution is -2.25. The Bertz CT molecular complexity index is 677. The Morgan fingerprint density at radius 2 is 2.04 bits per heavy atom. The van der Waals surface area contributed by atoms with Crippen molar-refractivity contribution in [3.8, 4) is 5.75 Å². The SMILES string of the molecule is CCCCNC(=O)c1cc(Nc2ccc(OC)c(Cl)c2)ccn1. The summed E-state index contributed by atoms with van der Waals surface area (Å²) in [4.78, 5) is 16.1. The van der Waals surface area contributed by atoms with Crippen molar-refractivity contribution in [3.05, 3.63) is 47.2 Å². The summed E-state index contributed by atoms with van der Waals surface area (Å²) in [5.74, 6) is 0.442. The normalized spacial score (nSPS) is 10.2. The standard InChI is InChI=1S/C17H20ClN3O2/c1-3-4-8-20-17(22)15-11-13(7-9-19-15)21-12-5-6-16(23-2)14(18)10-12/h5-7,9-11H,3-4,8H2,1-2H3,(H,19,21)(H,20,22). The van der Waals surface area contributed by atoms with Crippen LogP contribution >= 0.6 is 11.6 Å². The Labute approximate surface area is 141 Å². The van der Waals surface area contributed by atoms with E-state index in [0.717, 1.165) is 24.2 Å². The highest BCUT2D eigenvalue weighted by atomic mass is 35.5. The summed E-state index contributed by atoms with van der Waals surface area (Å²) in [5.41, 5.74) is 1.95. The number of halogens is 1. The van der Waals surface area contributed by atoms with Gasteiger partial charge in [0.05, 0.1) is 12.1 Å². The van der Waals surface area contributed by atoms with Gasteiger partial charge in [0.15, 0.2) is 0 Å². The monoisotopic (exact) mass is 333 g/mol. The van der Waals surface area contributed by atoms with Crippen molar-refractivity contribution >= 4 is 28.9 Å². The second-order valence-electron chi connectivity index (χ2n) is 5.01. The van der Waals surface area contributed by atoms with Crippen LogP contribution in [0.2, 0.25) is 5.02 Å². The minimum absolute atomic E-state index is 0.171. The molecule has 122 valence electrons. The fraction of sp³-hybridized carbons (Fsp3) is 0.294. The van der Waals surface area contributed by atoms with E-state index in [1.807, 2.05) is 6.07 Å². The third-order valence-electron chi connectivity index (χ3n) is 3.25. The van der Waals surface area contributed by atoms with Crippen LogP contribution in [0.25, 0.3) is 0 Å². The number of hydrogen-bond acceptors (Lipinski definition) is 4. The first-order valence-corrected chi connectivity index (χ1v) is 7.86. The highest BCUT2D eigenvalue weighted by Gasteiger charge is 2.08. The average Bonchev–Trinajstić information content (AvgIpc) is 2.55. The Morgan fingerprint density at radius 1 is 1.26 bits per heavy atom. The Balaban J connectivity index is 2.07. The lowest BCUT2D eigenvalue weighted by atomic mass is 10.2. The number of rotatable bonds is 7. The van der Waals surface area contributed by atoms with E-state index in [9.17, 15) is 4.79 Å². The van der Waals surface area contributed by atoms with E-state index in [1.165, 1.54) is 0 Å². The van der Waals surface area contributed by atoms with E-state index >= 15 is 0 Å². The molecule has 23 heavy (non-hydrogen) atoms. The van der Waals surface area contributed by atoms with Crippen LogP contribution in [0.3, 0.4) is 0 Å². The maximum Gasteiger partial charge on any atom is 0.269 e.